The summed E-state index contributed by atoms with van der Waals surface area (Å²) in [5, 5.41) is 2.85. The van der Waals surface area contributed by atoms with Gasteiger partial charge >= 0.3 is 0 Å². The van der Waals surface area contributed by atoms with Crippen LogP contribution in [0.25, 0.3) is 11.0 Å². The Kier molecular flexibility index (Phi) is 6.44. The molecule has 1 amide bonds. The Hall–Kier alpha value is -2.86. The third kappa shape index (κ3) is 4.86. The number of carbonyl (C=O) groups is 1. The van der Waals surface area contributed by atoms with E-state index in [0.717, 1.165) is 41.1 Å². The molecule has 1 aromatic heterocycles. The largest absolute Gasteiger partial charge is 0.493 e. The lowest BCUT2D eigenvalue weighted by Crippen LogP contribution is -2.28. The molecular formula is C21H25N3O3. The number of hydrogen-bond acceptors (Lipinski definition) is 4. The van der Waals surface area contributed by atoms with E-state index in [9.17, 15) is 4.79 Å². The van der Waals surface area contributed by atoms with Crippen LogP contribution in [-0.2, 0) is 22.6 Å². The van der Waals surface area contributed by atoms with Crippen molar-refractivity contribution in [3.05, 3.63) is 59.9 Å². The predicted octanol–water partition coefficient (Wildman–Crippen LogP) is 3.08. The van der Waals surface area contributed by atoms with E-state index >= 15 is 0 Å². The van der Waals surface area contributed by atoms with Crippen molar-refractivity contribution >= 4 is 16.9 Å². The van der Waals surface area contributed by atoms with Crippen LogP contribution in [0.15, 0.2) is 48.5 Å². The number of amides is 1. The van der Waals surface area contributed by atoms with Gasteiger partial charge in [0.1, 0.15) is 18.2 Å². The van der Waals surface area contributed by atoms with Crippen molar-refractivity contribution in [1.82, 2.24) is 14.9 Å². The van der Waals surface area contributed by atoms with Gasteiger partial charge in [-0.25, -0.2) is 4.98 Å². The van der Waals surface area contributed by atoms with Crippen molar-refractivity contribution in [3.8, 4) is 5.75 Å². The zero-order valence-corrected chi connectivity index (χ0v) is 15.8. The first-order valence-electron chi connectivity index (χ1n) is 9.07. The van der Waals surface area contributed by atoms with Crippen LogP contribution in [0.3, 0.4) is 0 Å². The minimum atomic E-state index is -0.154. The number of nitrogens with one attached hydrogen (secondary N) is 1. The van der Waals surface area contributed by atoms with Crippen LogP contribution in [0.4, 0.5) is 0 Å². The maximum absolute atomic E-state index is 11.7. The standard InChI is InChI=1S/C21H25N3O3/c1-16-8-3-6-11-19(16)27-13-7-12-24-18-10-5-4-9-17(18)23-20(24)14-22-21(25)15-26-2/h3-6,8-11H,7,12-15H2,1-2H3,(H,22,25). The van der Waals surface area contributed by atoms with Gasteiger partial charge in [0.05, 0.1) is 24.2 Å². The van der Waals surface area contributed by atoms with E-state index in [0.29, 0.717) is 13.2 Å². The van der Waals surface area contributed by atoms with Gasteiger partial charge in [-0.2, -0.15) is 0 Å². The summed E-state index contributed by atoms with van der Waals surface area (Å²) in [6, 6.07) is 16.0. The highest BCUT2D eigenvalue weighted by Gasteiger charge is 2.11. The average molecular weight is 367 g/mol. The van der Waals surface area contributed by atoms with Gasteiger partial charge < -0.3 is 19.4 Å². The maximum atomic E-state index is 11.7. The molecule has 0 aliphatic heterocycles. The maximum Gasteiger partial charge on any atom is 0.246 e. The Bertz CT molecular complexity index is 905. The molecule has 6 heteroatoms. The number of aromatic nitrogens is 2. The molecule has 0 spiro atoms. The minimum absolute atomic E-state index is 0.0461. The number of hydrogen-bond donors (Lipinski definition) is 1. The van der Waals surface area contributed by atoms with Gasteiger partial charge in [-0.15, -0.1) is 0 Å². The van der Waals surface area contributed by atoms with Gasteiger partial charge in [0.15, 0.2) is 0 Å². The van der Waals surface area contributed by atoms with E-state index in [4.69, 9.17) is 9.47 Å². The summed E-state index contributed by atoms with van der Waals surface area (Å²) in [5.74, 6) is 1.59. The molecule has 0 aliphatic carbocycles. The molecule has 0 radical (unpaired) electrons. The monoisotopic (exact) mass is 367 g/mol. The summed E-state index contributed by atoms with van der Waals surface area (Å²) in [4.78, 5) is 16.4. The molecule has 3 rings (SSSR count). The van der Waals surface area contributed by atoms with E-state index in [-0.39, 0.29) is 12.5 Å². The summed E-state index contributed by atoms with van der Waals surface area (Å²) in [5.41, 5.74) is 3.12. The molecule has 1 N–H and O–H groups in total. The number of aryl methyl sites for hydroxylation is 2. The number of methoxy groups -OCH3 is 1. The molecule has 0 saturated carbocycles. The van der Waals surface area contributed by atoms with Crippen molar-refractivity contribution in [2.24, 2.45) is 0 Å². The summed E-state index contributed by atoms with van der Waals surface area (Å²) in [6.45, 7) is 3.84. The third-order valence-electron chi connectivity index (χ3n) is 4.33. The topological polar surface area (TPSA) is 65.4 Å². The van der Waals surface area contributed by atoms with Gasteiger partial charge in [-0.3, -0.25) is 4.79 Å². The number of nitrogens with zero attached hydrogens (tertiary/aromatic N) is 2. The quantitative estimate of drug-likeness (QED) is 0.590. The highest BCUT2D eigenvalue weighted by atomic mass is 16.5. The first-order valence-corrected chi connectivity index (χ1v) is 9.07. The lowest BCUT2D eigenvalue weighted by molar-refractivity contribution is -0.124. The van der Waals surface area contributed by atoms with Crippen molar-refractivity contribution in [2.45, 2.75) is 26.4 Å². The van der Waals surface area contributed by atoms with Crippen LogP contribution >= 0.6 is 0 Å². The van der Waals surface area contributed by atoms with E-state index in [1.165, 1.54) is 7.11 Å². The van der Waals surface area contributed by atoms with Crippen molar-refractivity contribution in [2.75, 3.05) is 20.3 Å². The molecule has 1 heterocycles. The lowest BCUT2D eigenvalue weighted by Gasteiger charge is -2.12. The molecule has 0 aliphatic rings. The SMILES string of the molecule is COCC(=O)NCc1nc2ccccc2n1CCCOc1ccccc1C. The number of ether oxygens (including phenoxy) is 2. The molecule has 142 valence electrons. The third-order valence-corrected chi connectivity index (χ3v) is 4.33. The van der Waals surface area contributed by atoms with Crippen LogP contribution in [0, 0.1) is 6.92 Å². The molecule has 0 unspecified atom stereocenters. The molecule has 27 heavy (non-hydrogen) atoms. The second-order valence-electron chi connectivity index (χ2n) is 6.35. The van der Waals surface area contributed by atoms with Crippen LogP contribution in [0.5, 0.6) is 5.75 Å². The summed E-state index contributed by atoms with van der Waals surface area (Å²) >= 11 is 0. The van der Waals surface area contributed by atoms with E-state index in [1.54, 1.807) is 0 Å². The van der Waals surface area contributed by atoms with Crippen LogP contribution < -0.4 is 10.1 Å². The van der Waals surface area contributed by atoms with E-state index in [1.807, 2.05) is 55.5 Å². The fraction of sp³-hybridized carbons (Fsp3) is 0.333. The fourth-order valence-corrected chi connectivity index (χ4v) is 2.99. The Balaban J connectivity index is 1.65. The number of fused-ring (bicyclic) bond motifs is 1. The van der Waals surface area contributed by atoms with Crippen molar-refractivity contribution < 1.29 is 14.3 Å². The smallest absolute Gasteiger partial charge is 0.246 e. The van der Waals surface area contributed by atoms with Gasteiger partial charge in [0.2, 0.25) is 5.91 Å². The van der Waals surface area contributed by atoms with E-state index in [2.05, 4.69) is 14.9 Å². The first-order chi connectivity index (χ1) is 13.2. The first kappa shape index (κ1) is 18.9. The van der Waals surface area contributed by atoms with Crippen molar-refractivity contribution in [3.63, 3.8) is 0 Å². The zero-order valence-electron chi connectivity index (χ0n) is 15.8. The Morgan fingerprint density at radius 2 is 1.93 bits per heavy atom. The predicted molar refractivity (Wildman–Crippen MR) is 105 cm³/mol. The molecule has 3 aromatic rings. The minimum Gasteiger partial charge on any atom is -0.493 e. The molecule has 0 saturated heterocycles. The van der Waals surface area contributed by atoms with Gasteiger partial charge in [0, 0.05) is 13.7 Å². The van der Waals surface area contributed by atoms with Crippen LogP contribution in [0.1, 0.15) is 17.8 Å². The Morgan fingerprint density at radius 1 is 1.15 bits per heavy atom. The lowest BCUT2D eigenvalue weighted by atomic mass is 10.2. The Morgan fingerprint density at radius 3 is 2.74 bits per heavy atom. The second-order valence-corrected chi connectivity index (χ2v) is 6.35. The highest BCUT2D eigenvalue weighted by Crippen LogP contribution is 2.18. The number of benzene rings is 2. The molecule has 6 nitrogen and oxygen atoms in total. The summed E-state index contributed by atoms with van der Waals surface area (Å²) < 4.78 is 12.9. The Labute approximate surface area is 159 Å². The second kappa shape index (κ2) is 9.19. The number of rotatable bonds is 9. The molecule has 2 aromatic carbocycles. The van der Waals surface area contributed by atoms with Gasteiger partial charge in [-0.05, 0) is 37.1 Å². The molecule has 0 atom stereocenters. The fourth-order valence-electron chi connectivity index (χ4n) is 2.99. The molecule has 0 bridgehead atoms. The number of para-hydroxylation sites is 3. The van der Waals surface area contributed by atoms with Gasteiger partial charge in [0.25, 0.3) is 0 Å². The highest BCUT2D eigenvalue weighted by molar-refractivity contribution is 5.78. The normalized spacial score (nSPS) is 10.9. The molecule has 0 fully saturated rings. The van der Waals surface area contributed by atoms with E-state index < -0.39 is 0 Å². The number of carbonyl (C=O) groups excluding carboxylic acids is 1. The van der Waals surface area contributed by atoms with Crippen molar-refractivity contribution in [1.29, 1.82) is 0 Å². The zero-order chi connectivity index (χ0) is 19.1. The van der Waals surface area contributed by atoms with Gasteiger partial charge in [-0.1, -0.05) is 30.3 Å². The average Bonchev–Trinajstić information content (AvgIpc) is 3.03. The summed E-state index contributed by atoms with van der Waals surface area (Å²) in [6.07, 6.45) is 0.841. The summed E-state index contributed by atoms with van der Waals surface area (Å²) in [7, 11) is 1.50. The molecular weight excluding hydrogens is 342 g/mol. The number of imidazole rings is 1. The van der Waals surface area contributed by atoms with Crippen LogP contribution in [-0.4, -0.2) is 35.8 Å². The van der Waals surface area contributed by atoms with Crippen LogP contribution in [0.2, 0.25) is 0 Å².